The summed E-state index contributed by atoms with van der Waals surface area (Å²) in [5.41, 5.74) is 2.55. The lowest BCUT2D eigenvalue weighted by Crippen LogP contribution is -2.29. The van der Waals surface area contributed by atoms with Crippen molar-refractivity contribution < 1.29 is 39.0 Å². The summed E-state index contributed by atoms with van der Waals surface area (Å²) in [5.74, 6) is 2.07. The van der Waals surface area contributed by atoms with Crippen LogP contribution in [0.15, 0.2) is 54.6 Å². The fourth-order valence-corrected chi connectivity index (χ4v) is 3.72. The van der Waals surface area contributed by atoms with Crippen molar-refractivity contribution in [2.45, 2.75) is 25.0 Å². The monoisotopic (exact) mass is 484 g/mol. The first-order valence-electron chi connectivity index (χ1n) is 11.1. The van der Waals surface area contributed by atoms with Gasteiger partial charge in [-0.25, -0.2) is 0 Å². The van der Waals surface area contributed by atoms with Gasteiger partial charge in [0.25, 0.3) is 0 Å². The van der Waals surface area contributed by atoms with Crippen LogP contribution >= 0.6 is 0 Å². The van der Waals surface area contributed by atoms with Crippen LogP contribution in [0.4, 0.5) is 0 Å². The molecule has 0 aliphatic rings. The smallest absolute Gasteiger partial charge is 0.204 e. The molecule has 3 aromatic carbocycles. The number of hydrogen-bond donors (Lipinski definition) is 3. The molecule has 0 aliphatic heterocycles. The first-order valence-corrected chi connectivity index (χ1v) is 11.1. The van der Waals surface area contributed by atoms with Gasteiger partial charge in [0.2, 0.25) is 5.75 Å². The molecule has 0 bridgehead atoms. The van der Waals surface area contributed by atoms with Crippen LogP contribution in [0.1, 0.15) is 22.8 Å². The molecule has 3 rings (SSSR count). The molecule has 188 valence electrons. The van der Waals surface area contributed by atoms with E-state index in [1.54, 1.807) is 7.11 Å². The molecule has 8 heteroatoms. The minimum absolute atomic E-state index is 0.0570. The molecule has 3 N–H and O–H groups in total. The van der Waals surface area contributed by atoms with E-state index in [1.807, 2.05) is 36.4 Å². The lowest BCUT2D eigenvalue weighted by Gasteiger charge is -2.25. The number of benzene rings is 3. The van der Waals surface area contributed by atoms with Crippen molar-refractivity contribution in [2.24, 2.45) is 0 Å². The van der Waals surface area contributed by atoms with Gasteiger partial charge >= 0.3 is 0 Å². The largest absolute Gasteiger partial charge is 0.504 e. The minimum atomic E-state index is -1.21. The van der Waals surface area contributed by atoms with Gasteiger partial charge in [-0.15, -0.1) is 0 Å². The molecule has 0 saturated heterocycles. The Balaban J connectivity index is 1.81. The third-order valence-electron chi connectivity index (χ3n) is 5.73. The van der Waals surface area contributed by atoms with Gasteiger partial charge in [-0.1, -0.05) is 18.2 Å². The highest BCUT2D eigenvalue weighted by Crippen LogP contribution is 2.41. The quantitative estimate of drug-likeness (QED) is 0.357. The summed E-state index contributed by atoms with van der Waals surface area (Å²) in [5, 5.41) is 30.7. The van der Waals surface area contributed by atoms with Gasteiger partial charge in [0.05, 0.1) is 35.0 Å². The zero-order valence-corrected chi connectivity index (χ0v) is 20.4. The Morgan fingerprint density at radius 2 is 1.31 bits per heavy atom. The van der Waals surface area contributed by atoms with Gasteiger partial charge in [0.1, 0.15) is 11.9 Å². The third kappa shape index (κ3) is 6.29. The Bertz CT molecular complexity index is 1070. The number of aliphatic hydroxyl groups is 2. The average Bonchev–Trinajstić information content (AvgIpc) is 2.90. The molecule has 35 heavy (non-hydrogen) atoms. The van der Waals surface area contributed by atoms with E-state index in [0.29, 0.717) is 17.1 Å². The molecule has 8 nitrogen and oxygen atoms in total. The summed E-state index contributed by atoms with van der Waals surface area (Å²) in [6, 6.07) is 16.0. The van der Waals surface area contributed by atoms with E-state index in [2.05, 4.69) is 0 Å². The third-order valence-corrected chi connectivity index (χ3v) is 5.73. The van der Waals surface area contributed by atoms with Gasteiger partial charge in [0, 0.05) is 0 Å². The zero-order valence-electron chi connectivity index (χ0n) is 20.4. The van der Waals surface area contributed by atoms with E-state index in [0.717, 1.165) is 29.7 Å². The van der Waals surface area contributed by atoms with Crippen molar-refractivity contribution in [3.63, 3.8) is 0 Å². The summed E-state index contributed by atoms with van der Waals surface area (Å²) in [6.45, 7) is -0.476. The number of aromatic hydroxyl groups is 1. The van der Waals surface area contributed by atoms with E-state index in [4.69, 9.17) is 23.7 Å². The predicted molar refractivity (Wildman–Crippen MR) is 131 cm³/mol. The van der Waals surface area contributed by atoms with Crippen molar-refractivity contribution >= 4 is 0 Å². The number of phenolic OH excluding ortho intramolecular Hbond substituents is 1. The first kappa shape index (κ1) is 26.0. The van der Waals surface area contributed by atoms with E-state index in [-0.39, 0.29) is 17.2 Å². The summed E-state index contributed by atoms with van der Waals surface area (Å²) < 4.78 is 27.4. The van der Waals surface area contributed by atoms with Crippen LogP contribution in [-0.2, 0) is 12.8 Å². The Morgan fingerprint density at radius 3 is 1.86 bits per heavy atom. The lowest BCUT2D eigenvalue weighted by atomic mass is 10.0. The number of methoxy groups -OCH3 is 4. The molecule has 3 aromatic rings. The second-order valence-electron chi connectivity index (χ2n) is 7.89. The number of phenols is 1. The summed E-state index contributed by atoms with van der Waals surface area (Å²) >= 11 is 0. The van der Waals surface area contributed by atoms with Gasteiger partial charge < -0.3 is 39.0 Å². The van der Waals surface area contributed by atoms with Gasteiger partial charge in [-0.3, -0.25) is 0 Å². The Morgan fingerprint density at radius 1 is 0.714 bits per heavy atom. The van der Waals surface area contributed by atoms with Crippen LogP contribution in [0.2, 0.25) is 0 Å². The maximum atomic E-state index is 10.9. The Kier molecular flexibility index (Phi) is 9.05. The summed E-state index contributed by atoms with van der Waals surface area (Å²) in [6.07, 6.45) is -0.702. The number of ether oxygens (including phenoxy) is 5. The lowest BCUT2D eigenvalue weighted by molar-refractivity contribution is -0.00175. The van der Waals surface area contributed by atoms with Crippen LogP contribution in [0.25, 0.3) is 0 Å². The minimum Gasteiger partial charge on any atom is -0.504 e. The first-order chi connectivity index (χ1) is 16.9. The van der Waals surface area contributed by atoms with Crippen molar-refractivity contribution in [1.29, 1.82) is 0 Å². The molecule has 2 atom stereocenters. The molecule has 0 heterocycles. The van der Waals surface area contributed by atoms with Crippen LogP contribution in [0.3, 0.4) is 0 Å². The SMILES string of the molecule is COc1ccc(CCc2cc(OC)c(O[C@H](CO)[C@@H](O)c3ccc(O)c(OC)c3)c(OC)c2)cc1. The van der Waals surface area contributed by atoms with E-state index < -0.39 is 18.8 Å². The highest BCUT2D eigenvalue weighted by atomic mass is 16.6. The number of rotatable bonds is 12. The summed E-state index contributed by atoms with van der Waals surface area (Å²) in [7, 11) is 6.09. The molecule has 0 aromatic heterocycles. The highest BCUT2D eigenvalue weighted by molar-refractivity contribution is 5.54. The number of aryl methyl sites for hydroxylation is 2. The normalized spacial score (nSPS) is 12.5. The summed E-state index contributed by atoms with van der Waals surface area (Å²) in [4.78, 5) is 0. The predicted octanol–water partition coefficient (Wildman–Crippen LogP) is 3.69. The van der Waals surface area contributed by atoms with E-state index in [9.17, 15) is 15.3 Å². The molecular weight excluding hydrogens is 452 g/mol. The maximum absolute atomic E-state index is 10.9. The van der Waals surface area contributed by atoms with Crippen LogP contribution in [0, 0.1) is 0 Å². The molecule has 0 aliphatic carbocycles. The highest BCUT2D eigenvalue weighted by Gasteiger charge is 2.26. The standard InChI is InChI=1S/C27H32O8/c1-31-20-10-7-17(8-11-20)5-6-18-13-23(33-3)27(24(14-18)34-4)35-25(16-28)26(30)19-9-12-21(29)22(15-19)32-2/h7-15,25-26,28-30H,5-6,16H2,1-4H3/t25-,26+/m1/s1. The molecule has 0 spiro atoms. The van der Waals surface area contributed by atoms with E-state index >= 15 is 0 Å². The van der Waals surface area contributed by atoms with Crippen molar-refractivity contribution in [2.75, 3.05) is 35.0 Å². The average molecular weight is 485 g/mol. The fraction of sp³-hybridized carbons (Fsp3) is 0.333. The fourth-order valence-electron chi connectivity index (χ4n) is 3.72. The van der Waals surface area contributed by atoms with Gasteiger partial charge in [-0.2, -0.15) is 0 Å². The second-order valence-corrected chi connectivity index (χ2v) is 7.89. The Labute approximate surface area is 205 Å². The number of aliphatic hydroxyl groups excluding tert-OH is 2. The molecule has 0 saturated carbocycles. The maximum Gasteiger partial charge on any atom is 0.204 e. The van der Waals surface area contributed by atoms with Crippen molar-refractivity contribution in [3.8, 4) is 34.5 Å². The van der Waals surface area contributed by atoms with E-state index in [1.165, 1.54) is 39.5 Å². The van der Waals surface area contributed by atoms with Crippen LogP contribution < -0.4 is 23.7 Å². The second kappa shape index (κ2) is 12.2. The van der Waals surface area contributed by atoms with Crippen molar-refractivity contribution in [3.05, 3.63) is 71.3 Å². The molecule has 0 radical (unpaired) electrons. The van der Waals surface area contributed by atoms with Gasteiger partial charge in [0.15, 0.2) is 29.1 Å². The topological polar surface area (TPSA) is 107 Å². The van der Waals surface area contributed by atoms with Crippen LogP contribution in [-0.4, -0.2) is 56.5 Å². The Hall–Kier alpha value is -3.62. The van der Waals surface area contributed by atoms with Gasteiger partial charge in [-0.05, 0) is 65.9 Å². The van der Waals surface area contributed by atoms with Crippen molar-refractivity contribution in [1.82, 2.24) is 0 Å². The zero-order chi connectivity index (χ0) is 25.4. The molecule has 0 amide bonds. The molecule has 0 fully saturated rings. The van der Waals surface area contributed by atoms with Crippen LogP contribution in [0.5, 0.6) is 34.5 Å². The molecular formula is C27H32O8. The number of hydrogen-bond acceptors (Lipinski definition) is 8. The molecule has 0 unspecified atom stereocenters.